The number of hydrogen-bond acceptors (Lipinski definition) is 2. The van der Waals surface area contributed by atoms with Crippen LogP contribution in [0.15, 0.2) is 0 Å². The highest BCUT2D eigenvalue weighted by molar-refractivity contribution is 8.12. The minimum absolute atomic E-state index is 0.403. The van der Waals surface area contributed by atoms with E-state index in [1.807, 2.05) is 0 Å². The van der Waals surface area contributed by atoms with E-state index in [9.17, 15) is 0 Å². The van der Waals surface area contributed by atoms with Crippen molar-refractivity contribution in [3.8, 4) is 0 Å². The molecule has 0 aromatic heterocycles. The lowest BCUT2D eigenvalue weighted by Crippen LogP contribution is -2.41. The van der Waals surface area contributed by atoms with Gasteiger partial charge in [0.15, 0.2) is 0 Å². The molecule has 0 radical (unpaired) electrons. The van der Waals surface area contributed by atoms with Crippen LogP contribution in [0.1, 0.15) is 6.92 Å². The summed E-state index contributed by atoms with van der Waals surface area (Å²) in [4.78, 5) is 2.39. The molecule has 2 nitrogen and oxygen atoms in total. The van der Waals surface area contributed by atoms with Crippen LogP contribution in [0.25, 0.3) is 0 Å². The fourth-order valence-corrected chi connectivity index (χ4v) is 2.26. The first-order chi connectivity index (χ1) is 5.24. The third-order valence-electron chi connectivity index (χ3n) is 2.21. The van der Waals surface area contributed by atoms with Crippen molar-refractivity contribution in [1.29, 1.82) is 0 Å². The highest BCUT2D eigenvalue weighted by Crippen LogP contribution is 2.15. The van der Waals surface area contributed by atoms with E-state index >= 15 is 0 Å². The summed E-state index contributed by atoms with van der Waals surface area (Å²) >= 11 is 0. The number of nitrogens with zero attached hydrogens (tertiary/aromatic N) is 2. The van der Waals surface area contributed by atoms with Gasteiger partial charge < -0.3 is 4.90 Å². The molecule has 0 aromatic carbocycles. The minimum atomic E-state index is 0.403. The molecule has 66 valence electrons. The van der Waals surface area contributed by atoms with E-state index in [2.05, 4.69) is 34.8 Å². The molecule has 0 saturated carbocycles. The fraction of sp³-hybridized carbons (Fsp3) is 0.875. The van der Waals surface area contributed by atoms with E-state index in [0.717, 1.165) is 0 Å². The Morgan fingerprint density at radius 3 is 2.18 bits per heavy atom. The van der Waals surface area contributed by atoms with Gasteiger partial charge in [-0.2, -0.15) is 0 Å². The quantitative estimate of drug-likeness (QED) is 0.544. The van der Waals surface area contributed by atoms with Gasteiger partial charge in [0.1, 0.15) is 0 Å². The van der Waals surface area contributed by atoms with Gasteiger partial charge in [-0.25, -0.2) is 0 Å². The molecule has 11 heavy (non-hydrogen) atoms. The summed E-state index contributed by atoms with van der Waals surface area (Å²) in [5.74, 6) is 0. The first-order valence-corrected chi connectivity index (χ1v) is 5.77. The summed E-state index contributed by atoms with van der Waals surface area (Å²) in [7, 11) is 2.60. The summed E-state index contributed by atoms with van der Waals surface area (Å²) in [6.45, 7) is 7.08. The standard InChI is InChI=1S/C8H18N2S/c1-4-11(3)10-7-5-9(2)6-8-10/h4H,5-8H2,1-3H3. The molecule has 0 bridgehead atoms. The van der Waals surface area contributed by atoms with Crippen LogP contribution in [0.5, 0.6) is 0 Å². The zero-order valence-corrected chi connectivity index (χ0v) is 8.52. The highest BCUT2D eigenvalue weighted by Gasteiger charge is 2.13. The van der Waals surface area contributed by atoms with Crippen LogP contribution in [0.3, 0.4) is 0 Å². The van der Waals surface area contributed by atoms with Crippen LogP contribution < -0.4 is 0 Å². The van der Waals surface area contributed by atoms with Gasteiger partial charge in [0, 0.05) is 26.2 Å². The summed E-state index contributed by atoms with van der Waals surface area (Å²) in [6, 6.07) is 0. The Kier molecular flexibility index (Phi) is 3.55. The van der Waals surface area contributed by atoms with Crippen molar-refractivity contribution in [3.63, 3.8) is 0 Å². The molecule has 1 rings (SSSR count). The van der Waals surface area contributed by atoms with Crippen LogP contribution >= 0.6 is 10.7 Å². The van der Waals surface area contributed by atoms with E-state index in [0.29, 0.717) is 10.7 Å². The van der Waals surface area contributed by atoms with Crippen molar-refractivity contribution in [2.75, 3.05) is 39.5 Å². The first-order valence-electron chi connectivity index (χ1n) is 4.12. The molecule has 1 atom stereocenters. The maximum atomic E-state index is 2.56. The number of rotatable bonds is 1. The van der Waals surface area contributed by atoms with Gasteiger partial charge >= 0.3 is 0 Å². The summed E-state index contributed by atoms with van der Waals surface area (Å²) in [5.41, 5.74) is 0. The zero-order chi connectivity index (χ0) is 8.27. The molecule has 0 aromatic rings. The second-order valence-electron chi connectivity index (χ2n) is 2.99. The van der Waals surface area contributed by atoms with Crippen molar-refractivity contribution in [3.05, 3.63) is 0 Å². The molecule has 3 heteroatoms. The third-order valence-corrected chi connectivity index (χ3v) is 4.07. The normalized spacial score (nSPS) is 25.7. The minimum Gasteiger partial charge on any atom is -0.304 e. The van der Waals surface area contributed by atoms with Gasteiger partial charge in [-0.3, -0.25) is 4.31 Å². The van der Waals surface area contributed by atoms with E-state index < -0.39 is 0 Å². The highest BCUT2D eigenvalue weighted by atomic mass is 32.2. The topological polar surface area (TPSA) is 6.48 Å². The predicted octanol–water partition coefficient (Wildman–Crippen LogP) is 0.870. The molecular formula is C8H18N2S. The number of likely N-dealkylation sites (N-methyl/N-ethyl adjacent to an activating group) is 1. The lowest BCUT2D eigenvalue weighted by atomic mass is 10.4. The molecule has 0 N–H and O–H groups in total. The van der Waals surface area contributed by atoms with E-state index in [4.69, 9.17) is 0 Å². The smallest absolute Gasteiger partial charge is 0.0213 e. The monoisotopic (exact) mass is 174 g/mol. The SMILES string of the molecule is C/C=S(\C)N1CCN(C)CC1. The van der Waals surface area contributed by atoms with Crippen molar-refractivity contribution in [1.82, 2.24) is 9.21 Å². The average molecular weight is 174 g/mol. The second-order valence-corrected chi connectivity index (χ2v) is 5.03. The summed E-state index contributed by atoms with van der Waals surface area (Å²) in [6.07, 6.45) is 2.30. The molecule has 1 aliphatic heterocycles. The number of hydrogen-bond donors (Lipinski definition) is 0. The van der Waals surface area contributed by atoms with Gasteiger partial charge in [0.25, 0.3) is 0 Å². The van der Waals surface area contributed by atoms with Crippen molar-refractivity contribution in [2.45, 2.75) is 6.92 Å². The Hall–Kier alpha value is 0.140. The van der Waals surface area contributed by atoms with Gasteiger partial charge in [0.05, 0.1) is 0 Å². The Bertz CT molecular complexity index is 148. The maximum Gasteiger partial charge on any atom is 0.0213 e. The molecule has 1 unspecified atom stereocenters. The van der Waals surface area contributed by atoms with Crippen molar-refractivity contribution >= 4 is 16.0 Å². The Balaban J connectivity index is 2.39. The molecule has 0 amide bonds. The van der Waals surface area contributed by atoms with Crippen LogP contribution in [-0.4, -0.2) is 54.1 Å². The average Bonchev–Trinajstić information content (AvgIpc) is 2.05. The van der Waals surface area contributed by atoms with Crippen molar-refractivity contribution in [2.24, 2.45) is 0 Å². The third kappa shape index (κ3) is 2.58. The van der Waals surface area contributed by atoms with E-state index in [1.165, 1.54) is 26.2 Å². The lowest BCUT2D eigenvalue weighted by Gasteiger charge is -2.33. The molecule has 1 aliphatic rings. The van der Waals surface area contributed by atoms with Gasteiger partial charge in [0.2, 0.25) is 0 Å². The fourth-order valence-electron chi connectivity index (χ4n) is 1.23. The first kappa shape index (κ1) is 9.23. The molecule has 0 aliphatic carbocycles. The summed E-state index contributed by atoms with van der Waals surface area (Å²) in [5, 5.41) is 2.30. The largest absolute Gasteiger partial charge is 0.304 e. The Morgan fingerprint density at radius 2 is 1.73 bits per heavy atom. The zero-order valence-electron chi connectivity index (χ0n) is 7.71. The second kappa shape index (κ2) is 4.24. The molecule has 0 spiro atoms. The Labute approximate surface area is 72.2 Å². The van der Waals surface area contributed by atoms with E-state index in [1.54, 1.807) is 0 Å². The molecular weight excluding hydrogens is 156 g/mol. The van der Waals surface area contributed by atoms with Crippen LogP contribution in [0.2, 0.25) is 0 Å². The van der Waals surface area contributed by atoms with Gasteiger partial charge in [-0.05, 0) is 20.2 Å². The summed E-state index contributed by atoms with van der Waals surface area (Å²) < 4.78 is 2.56. The lowest BCUT2D eigenvalue weighted by molar-refractivity contribution is 0.233. The van der Waals surface area contributed by atoms with Gasteiger partial charge in [-0.1, -0.05) is 5.37 Å². The Morgan fingerprint density at radius 1 is 1.18 bits per heavy atom. The molecule has 1 fully saturated rings. The van der Waals surface area contributed by atoms with Gasteiger partial charge in [-0.15, -0.1) is 10.7 Å². The maximum absolute atomic E-state index is 2.56. The van der Waals surface area contributed by atoms with E-state index in [-0.39, 0.29) is 0 Å². The number of piperazine rings is 1. The molecule has 1 heterocycles. The van der Waals surface area contributed by atoms with Crippen LogP contribution in [-0.2, 0) is 0 Å². The van der Waals surface area contributed by atoms with Crippen LogP contribution in [0.4, 0.5) is 0 Å². The van der Waals surface area contributed by atoms with Crippen molar-refractivity contribution < 1.29 is 0 Å². The van der Waals surface area contributed by atoms with Crippen LogP contribution in [0, 0.1) is 0 Å². The predicted molar refractivity (Wildman–Crippen MR) is 54.3 cm³/mol. The molecule has 1 saturated heterocycles.